The van der Waals surface area contributed by atoms with Crippen molar-refractivity contribution in [3.8, 4) is 11.4 Å². The first-order valence-corrected chi connectivity index (χ1v) is 11.0. The highest BCUT2D eigenvalue weighted by Gasteiger charge is 2.22. The van der Waals surface area contributed by atoms with Gasteiger partial charge in [0.05, 0.1) is 11.8 Å². The van der Waals surface area contributed by atoms with Gasteiger partial charge in [-0.15, -0.1) is 10.2 Å². The van der Waals surface area contributed by atoms with Crippen LogP contribution in [-0.2, 0) is 6.54 Å². The Morgan fingerprint density at radius 1 is 1.00 bits per heavy atom. The third-order valence-electron chi connectivity index (χ3n) is 4.61. The molecule has 0 aliphatic heterocycles. The Bertz CT molecular complexity index is 1110. The first-order valence-electron chi connectivity index (χ1n) is 9.74. The Labute approximate surface area is 184 Å². The Morgan fingerprint density at radius 2 is 1.73 bits per heavy atom. The zero-order chi connectivity index (χ0) is 21.1. The lowest BCUT2D eigenvalue weighted by molar-refractivity contribution is 0.373. The highest BCUT2D eigenvalue weighted by molar-refractivity contribution is 7.99. The molecule has 2 aromatic heterocycles. The van der Waals surface area contributed by atoms with Crippen LogP contribution in [0, 0.1) is 0 Å². The molecule has 2 heterocycles. The van der Waals surface area contributed by atoms with Crippen molar-refractivity contribution in [1.82, 2.24) is 24.9 Å². The van der Waals surface area contributed by atoms with Crippen molar-refractivity contribution in [2.75, 3.05) is 0 Å². The van der Waals surface area contributed by atoms with E-state index in [9.17, 15) is 0 Å². The van der Waals surface area contributed by atoms with Crippen LogP contribution in [-0.4, -0.2) is 24.9 Å². The van der Waals surface area contributed by atoms with Gasteiger partial charge in [0.1, 0.15) is 0 Å². The molecule has 2 aromatic carbocycles. The lowest BCUT2D eigenvalue weighted by Crippen LogP contribution is -2.05. The van der Waals surface area contributed by atoms with E-state index in [-0.39, 0.29) is 11.2 Å². The summed E-state index contributed by atoms with van der Waals surface area (Å²) in [7, 11) is 0. The van der Waals surface area contributed by atoms with Crippen LogP contribution in [0.15, 0.2) is 64.3 Å². The minimum atomic E-state index is -0.0539. The van der Waals surface area contributed by atoms with Crippen LogP contribution in [0.3, 0.4) is 0 Å². The van der Waals surface area contributed by atoms with Gasteiger partial charge in [0.25, 0.3) is 0 Å². The van der Waals surface area contributed by atoms with Crippen LogP contribution < -0.4 is 0 Å². The second kappa shape index (κ2) is 9.02. The van der Waals surface area contributed by atoms with Crippen LogP contribution in [0.1, 0.15) is 49.2 Å². The first kappa shape index (κ1) is 20.6. The van der Waals surface area contributed by atoms with Gasteiger partial charge in [-0.2, -0.15) is 4.98 Å². The van der Waals surface area contributed by atoms with Crippen molar-refractivity contribution in [2.45, 2.75) is 43.6 Å². The number of halogens is 1. The maximum atomic E-state index is 6.06. The number of hydrogen-bond acceptors (Lipinski definition) is 6. The lowest BCUT2D eigenvalue weighted by atomic mass is 10.2. The van der Waals surface area contributed by atoms with E-state index in [1.165, 1.54) is 5.56 Å². The van der Waals surface area contributed by atoms with Crippen molar-refractivity contribution in [3.63, 3.8) is 0 Å². The van der Waals surface area contributed by atoms with Gasteiger partial charge in [-0.25, -0.2) is 0 Å². The fraction of sp³-hybridized carbons (Fsp3) is 0.273. The number of aromatic nitrogens is 5. The molecule has 0 amide bonds. The van der Waals surface area contributed by atoms with E-state index in [0.29, 0.717) is 23.3 Å². The van der Waals surface area contributed by atoms with E-state index in [1.54, 1.807) is 11.8 Å². The monoisotopic (exact) mass is 439 g/mol. The molecule has 4 aromatic rings. The van der Waals surface area contributed by atoms with Gasteiger partial charge in [-0.1, -0.05) is 72.7 Å². The SMILES string of the molecule is CC(C)c1noc(C(C)Sc2nnc(-c3ccc(Cl)cc3)n2Cc2ccccc2)n1. The van der Waals surface area contributed by atoms with E-state index in [0.717, 1.165) is 16.5 Å². The van der Waals surface area contributed by atoms with Gasteiger partial charge in [-0.05, 0) is 36.8 Å². The summed E-state index contributed by atoms with van der Waals surface area (Å²) in [5, 5.41) is 14.4. The molecule has 1 unspecified atom stereocenters. The quantitative estimate of drug-likeness (QED) is 0.328. The summed E-state index contributed by atoms with van der Waals surface area (Å²) in [4.78, 5) is 4.52. The van der Waals surface area contributed by atoms with Gasteiger partial charge < -0.3 is 4.52 Å². The third-order valence-corrected chi connectivity index (χ3v) is 5.93. The van der Waals surface area contributed by atoms with E-state index in [1.807, 2.05) is 63.2 Å². The Hall–Kier alpha value is -2.64. The van der Waals surface area contributed by atoms with Crippen molar-refractivity contribution < 1.29 is 4.52 Å². The van der Waals surface area contributed by atoms with E-state index < -0.39 is 0 Å². The maximum absolute atomic E-state index is 6.06. The van der Waals surface area contributed by atoms with Gasteiger partial charge in [0, 0.05) is 16.5 Å². The molecule has 0 saturated carbocycles. The molecule has 8 heteroatoms. The molecule has 1 atom stereocenters. The average Bonchev–Trinajstić information content (AvgIpc) is 3.38. The van der Waals surface area contributed by atoms with Gasteiger partial charge in [0.2, 0.25) is 5.89 Å². The fourth-order valence-corrected chi connectivity index (χ4v) is 3.96. The molecule has 30 heavy (non-hydrogen) atoms. The Morgan fingerprint density at radius 3 is 2.40 bits per heavy atom. The Kier molecular flexibility index (Phi) is 6.20. The predicted molar refractivity (Wildman–Crippen MR) is 119 cm³/mol. The summed E-state index contributed by atoms with van der Waals surface area (Å²) in [5.41, 5.74) is 2.13. The highest BCUT2D eigenvalue weighted by atomic mass is 35.5. The standard InChI is InChI=1S/C22H22ClN5OS/c1-14(2)19-24-21(29-27-19)15(3)30-22-26-25-20(17-9-11-18(23)12-10-17)28(22)13-16-7-5-4-6-8-16/h4-12,14-15H,13H2,1-3H3. The summed E-state index contributed by atoms with van der Waals surface area (Å²) < 4.78 is 7.58. The number of rotatable bonds is 7. The highest BCUT2D eigenvalue weighted by Crippen LogP contribution is 2.35. The van der Waals surface area contributed by atoms with E-state index >= 15 is 0 Å². The van der Waals surface area contributed by atoms with Gasteiger partial charge >= 0.3 is 0 Å². The van der Waals surface area contributed by atoms with Crippen molar-refractivity contribution in [3.05, 3.63) is 76.9 Å². The molecular formula is C22H22ClN5OS. The van der Waals surface area contributed by atoms with Crippen molar-refractivity contribution >= 4 is 23.4 Å². The smallest absolute Gasteiger partial charge is 0.239 e. The minimum absolute atomic E-state index is 0.0539. The summed E-state index contributed by atoms with van der Waals surface area (Å²) in [6.07, 6.45) is 0. The lowest BCUT2D eigenvalue weighted by Gasteiger charge is -2.12. The van der Waals surface area contributed by atoms with Crippen molar-refractivity contribution in [1.29, 1.82) is 0 Å². The minimum Gasteiger partial charge on any atom is -0.338 e. The number of benzene rings is 2. The average molecular weight is 440 g/mol. The number of thioether (sulfide) groups is 1. The molecule has 0 saturated heterocycles. The molecular weight excluding hydrogens is 418 g/mol. The van der Waals surface area contributed by atoms with Crippen LogP contribution in [0.2, 0.25) is 5.02 Å². The van der Waals surface area contributed by atoms with Gasteiger partial charge in [0.15, 0.2) is 16.8 Å². The molecule has 0 spiro atoms. The number of hydrogen-bond donors (Lipinski definition) is 0. The zero-order valence-corrected chi connectivity index (χ0v) is 18.6. The molecule has 4 rings (SSSR count). The Balaban J connectivity index is 1.67. The fourth-order valence-electron chi connectivity index (χ4n) is 2.95. The molecule has 0 aliphatic rings. The second-order valence-electron chi connectivity index (χ2n) is 7.29. The van der Waals surface area contributed by atoms with Crippen LogP contribution in [0.4, 0.5) is 0 Å². The third kappa shape index (κ3) is 4.57. The largest absolute Gasteiger partial charge is 0.338 e. The molecule has 0 fully saturated rings. The summed E-state index contributed by atoms with van der Waals surface area (Å²) in [6, 6.07) is 17.9. The van der Waals surface area contributed by atoms with Crippen molar-refractivity contribution in [2.24, 2.45) is 0 Å². The molecule has 0 radical (unpaired) electrons. The van der Waals surface area contributed by atoms with Crippen LogP contribution in [0.5, 0.6) is 0 Å². The summed E-state index contributed by atoms with van der Waals surface area (Å²) in [6.45, 7) is 6.77. The summed E-state index contributed by atoms with van der Waals surface area (Å²) >= 11 is 7.62. The maximum Gasteiger partial charge on any atom is 0.239 e. The summed E-state index contributed by atoms with van der Waals surface area (Å²) in [5.74, 6) is 2.31. The second-order valence-corrected chi connectivity index (χ2v) is 9.03. The molecule has 0 aliphatic carbocycles. The van der Waals surface area contributed by atoms with E-state index in [4.69, 9.17) is 16.1 Å². The zero-order valence-electron chi connectivity index (χ0n) is 17.0. The molecule has 0 bridgehead atoms. The van der Waals surface area contributed by atoms with Gasteiger partial charge in [-0.3, -0.25) is 4.57 Å². The first-order chi connectivity index (χ1) is 14.5. The molecule has 154 valence electrons. The predicted octanol–water partition coefficient (Wildman–Crippen LogP) is 6.01. The van der Waals surface area contributed by atoms with Crippen LogP contribution >= 0.6 is 23.4 Å². The van der Waals surface area contributed by atoms with Crippen LogP contribution in [0.25, 0.3) is 11.4 Å². The molecule has 0 N–H and O–H groups in total. The van der Waals surface area contributed by atoms with E-state index in [2.05, 4.69) is 37.0 Å². The molecule has 6 nitrogen and oxygen atoms in total. The normalized spacial score (nSPS) is 12.4. The topological polar surface area (TPSA) is 69.6 Å². The number of nitrogens with zero attached hydrogens (tertiary/aromatic N) is 5.